The van der Waals surface area contributed by atoms with Crippen LogP contribution in [0.2, 0.25) is 15.1 Å². The van der Waals surface area contributed by atoms with Gasteiger partial charge in [-0.25, -0.2) is 0 Å². The number of hydrogen-bond donors (Lipinski definition) is 0. The highest BCUT2D eigenvalue weighted by Crippen LogP contribution is 2.38. The topological polar surface area (TPSA) is 38.8 Å². The summed E-state index contributed by atoms with van der Waals surface area (Å²) in [6, 6.07) is 17.7. The highest BCUT2D eigenvalue weighted by atomic mass is 35.5. The summed E-state index contributed by atoms with van der Waals surface area (Å²) < 4.78 is 11.8. The molecule has 0 saturated carbocycles. The fourth-order valence-electron chi connectivity index (χ4n) is 3.14. The van der Waals surface area contributed by atoms with E-state index in [4.69, 9.17) is 56.5 Å². The molecule has 0 unspecified atom stereocenters. The third-order valence-corrected chi connectivity index (χ3v) is 6.87. The Bertz CT molecular complexity index is 1280. The molecule has 1 heterocycles. The van der Waals surface area contributed by atoms with E-state index >= 15 is 0 Å². The van der Waals surface area contributed by atoms with E-state index in [1.165, 1.54) is 16.7 Å². The maximum Gasteiger partial charge on any atom is 0.270 e. The second-order valence-corrected chi connectivity index (χ2v) is 9.89. The van der Waals surface area contributed by atoms with Crippen molar-refractivity contribution < 1.29 is 14.3 Å². The van der Waals surface area contributed by atoms with Gasteiger partial charge in [-0.1, -0.05) is 77.0 Å². The van der Waals surface area contributed by atoms with Crippen molar-refractivity contribution in [2.45, 2.75) is 6.61 Å². The van der Waals surface area contributed by atoms with Gasteiger partial charge in [0.25, 0.3) is 5.91 Å². The maximum atomic E-state index is 13.0. The quantitative estimate of drug-likeness (QED) is 0.239. The molecule has 4 nitrogen and oxygen atoms in total. The predicted molar refractivity (Wildman–Crippen MR) is 141 cm³/mol. The van der Waals surface area contributed by atoms with Gasteiger partial charge in [-0.05, 0) is 54.1 Å². The van der Waals surface area contributed by atoms with Gasteiger partial charge in [0, 0.05) is 20.6 Å². The van der Waals surface area contributed by atoms with Gasteiger partial charge < -0.3 is 9.47 Å². The average molecular weight is 537 g/mol. The van der Waals surface area contributed by atoms with Crippen LogP contribution in [-0.4, -0.2) is 17.3 Å². The average Bonchev–Trinajstić information content (AvgIpc) is 3.06. The fraction of sp³-hybridized carbons (Fsp3) is 0.0833. The van der Waals surface area contributed by atoms with Gasteiger partial charge in [-0.2, -0.15) is 0 Å². The van der Waals surface area contributed by atoms with Crippen molar-refractivity contribution in [3.05, 3.63) is 91.8 Å². The molecule has 1 fully saturated rings. The minimum absolute atomic E-state index is 0.205. The van der Waals surface area contributed by atoms with Crippen molar-refractivity contribution in [3.63, 3.8) is 0 Å². The number of benzene rings is 3. The molecular weight excluding hydrogens is 521 g/mol. The number of thiocarbonyl (C=S) groups is 1. The number of thioether (sulfide) groups is 1. The van der Waals surface area contributed by atoms with Gasteiger partial charge in [0.05, 0.1) is 17.7 Å². The van der Waals surface area contributed by atoms with Crippen molar-refractivity contribution in [1.29, 1.82) is 0 Å². The van der Waals surface area contributed by atoms with E-state index in [0.29, 0.717) is 41.5 Å². The number of methoxy groups -OCH3 is 1. The highest BCUT2D eigenvalue weighted by molar-refractivity contribution is 8.27. The molecule has 0 atom stereocenters. The molecule has 9 heteroatoms. The molecule has 3 aromatic carbocycles. The third-order valence-electron chi connectivity index (χ3n) is 4.74. The minimum Gasteiger partial charge on any atom is -0.493 e. The van der Waals surface area contributed by atoms with Crippen LogP contribution in [0.25, 0.3) is 6.08 Å². The van der Waals surface area contributed by atoms with Crippen LogP contribution in [0.5, 0.6) is 11.5 Å². The number of ether oxygens (including phenoxy) is 2. The van der Waals surface area contributed by atoms with Crippen LogP contribution in [0.15, 0.2) is 65.6 Å². The summed E-state index contributed by atoms with van der Waals surface area (Å²) >= 11 is 24.9. The van der Waals surface area contributed by atoms with Gasteiger partial charge in [0.1, 0.15) is 6.61 Å². The molecule has 0 aromatic heterocycles. The van der Waals surface area contributed by atoms with Crippen molar-refractivity contribution >= 4 is 80.8 Å². The Morgan fingerprint density at radius 1 is 1.00 bits per heavy atom. The van der Waals surface area contributed by atoms with Crippen LogP contribution in [0.4, 0.5) is 5.69 Å². The number of carbonyl (C=O) groups is 1. The Hall–Kier alpha value is -2.22. The van der Waals surface area contributed by atoms with E-state index < -0.39 is 0 Å². The Kier molecular flexibility index (Phi) is 7.51. The van der Waals surface area contributed by atoms with E-state index in [2.05, 4.69) is 0 Å². The summed E-state index contributed by atoms with van der Waals surface area (Å²) in [4.78, 5) is 15.0. The van der Waals surface area contributed by atoms with Gasteiger partial charge >= 0.3 is 0 Å². The SMILES string of the molecule is COc1cc(/C=C2\SC(=S)N(c3cccc(Cl)c3)C2=O)ccc1OCc1ccc(Cl)cc1Cl. The van der Waals surface area contributed by atoms with Gasteiger partial charge in [0.15, 0.2) is 15.8 Å². The van der Waals surface area contributed by atoms with Crippen molar-refractivity contribution in [3.8, 4) is 11.5 Å². The molecule has 1 saturated heterocycles. The molecule has 0 N–H and O–H groups in total. The van der Waals surface area contributed by atoms with Crippen molar-refractivity contribution in [1.82, 2.24) is 0 Å². The van der Waals surface area contributed by atoms with E-state index in [-0.39, 0.29) is 12.5 Å². The largest absolute Gasteiger partial charge is 0.493 e. The molecule has 3 aromatic rings. The van der Waals surface area contributed by atoms with Crippen LogP contribution in [0.1, 0.15) is 11.1 Å². The monoisotopic (exact) mass is 535 g/mol. The first kappa shape index (κ1) is 23.9. The van der Waals surface area contributed by atoms with Crippen LogP contribution in [0.3, 0.4) is 0 Å². The molecule has 1 aliphatic heterocycles. The number of nitrogens with zero attached hydrogens (tertiary/aromatic N) is 1. The van der Waals surface area contributed by atoms with E-state index in [1.807, 2.05) is 12.1 Å². The first-order valence-corrected chi connectivity index (χ1v) is 12.0. The zero-order valence-corrected chi connectivity index (χ0v) is 21.1. The lowest BCUT2D eigenvalue weighted by molar-refractivity contribution is -0.113. The normalized spacial score (nSPS) is 14.8. The van der Waals surface area contributed by atoms with Crippen LogP contribution in [0, 0.1) is 0 Å². The van der Waals surface area contributed by atoms with Crippen LogP contribution in [-0.2, 0) is 11.4 Å². The maximum absolute atomic E-state index is 13.0. The van der Waals surface area contributed by atoms with Gasteiger partial charge in [-0.3, -0.25) is 9.69 Å². The molecule has 0 aliphatic carbocycles. The Morgan fingerprint density at radius 3 is 2.52 bits per heavy atom. The summed E-state index contributed by atoms with van der Waals surface area (Å²) in [7, 11) is 1.56. The van der Waals surface area contributed by atoms with E-state index in [1.54, 1.807) is 61.7 Å². The lowest BCUT2D eigenvalue weighted by Crippen LogP contribution is -2.27. The summed E-state index contributed by atoms with van der Waals surface area (Å²) in [6.07, 6.45) is 1.77. The Morgan fingerprint density at radius 2 is 1.79 bits per heavy atom. The molecular formula is C24H16Cl3NO3S2. The fourth-order valence-corrected chi connectivity index (χ4v) is 5.09. The number of halogens is 3. The summed E-state index contributed by atoms with van der Waals surface area (Å²) in [5.74, 6) is 0.871. The van der Waals surface area contributed by atoms with Crippen molar-refractivity contribution in [2.75, 3.05) is 12.0 Å². The zero-order valence-electron chi connectivity index (χ0n) is 17.2. The first-order valence-electron chi connectivity index (χ1n) is 9.64. The minimum atomic E-state index is -0.205. The van der Waals surface area contributed by atoms with Crippen LogP contribution < -0.4 is 14.4 Å². The number of carbonyl (C=O) groups excluding carboxylic acids is 1. The smallest absolute Gasteiger partial charge is 0.270 e. The molecule has 0 radical (unpaired) electrons. The standard InChI is InChI=1S/C24H16Cl3NO3S2/c1-30-21-9-14(5-8-20(21)31-13-15-6-7-17(26)12-19(15)27)10-22-23(29)28(24(32)33-22)18-4-2-3-16(25)11-18/h2-12H,13H2,1H3/b22-10-. The summed E-state index contributed by atoms with van der Waals surface area (Å²) in [5.41, 5.74) is 2.21. The van der Waals surface area contributed by atoms with Gasteiger partial charge in [-0.15, -0.1) is 0 Å². The number of anilines is 1. The summed E-state index contributed by atoms with van der Waals surface area (Å²) in [5, 5.41) is 1.62. The number of amides is 1. The molecule has 33 heavy (non-hydrogen) atoms. The van der Waals surface area contributed by atoms with Crippen LogP contribution >= 0.6 is 58.8 Å². The lowest BCUT2D eigenvalue weighted by Gasteiger charge is -2.14. The lowest BCUT2D eigenvalue weighted by atomic mass is 10.1. The van der Waals surface area contributed by atoms with Crippen molar-refractivity contribution in [2.24, 2.45) is 0 Å². The summed E-state index contributed by atoms with van der Waals surface area (Å²) in [6.45, 7) is 0.254. The highest BCUT2D eigenvalue weighted by Gasteiger charge is 2.33. The molecule has 0 spiro atoms. The Balaban J connectivity index is 1.54. The van der Waals surface area contributed by atoms with E-state index in [0.717, 1.165) is 11.1 Å². The molecule has 1 aliphatic rings. The number of rotatable bonds is 6. The third kappa shape index (κ3) is 5.48. The van der Waals surface area contributed by atoms with E-state index in [9.17, 15) is 4.79 Å². The van der Waals surface area contributed by atoms with Gasteiger partial charge in [0.2, 0.25) is 0 Å². The Labute approximate surface area is 216 Å². The molecule has 168 valence electrons. The second kappa shape index (κ2) is 10.4. The number of hydrogen-bond acceptors (Lipinski definition) is 5. The molecule has 4 rings (SSSR count). The zero-order chi connectivity index (χ0) is 23.5. The molecule has 0 bridgehead atoms. The molecule has 1 amide bonds. The second-order valence-electron chi connectivity index (χ2n) is 6.93. The predicted octanol–water partition coefficient (Wildman–Crippen LogP) is 7.64. The first-order chi connectivity index (χ1) is 15.9.